The fourth-order valence-electron chi connectivity index (χ4n) is 9.49. The van der Waals surface area contributed by atoms with Crippen molar-refractivity contribution in [3.63, 3.8) is 0 Å². The highest BCUT2D eigenvalue weighted by Crippen LogP contribution is 2.70. The van der Waals surface area contributed by atoms with Crippen molar-refractivity contribution in [3.05, 3.63) is 81.1 Å². The van der Waals surface area contributed by atoms with E-state index in [2.05, 4.69) is 19.2 Å². The van der Waals surface area contributed by atoms with Crippen LogP contribution in [0.5, 0.6) is 0 Å². The number of benzene rings is 1. The summed E-state index contributed by atoms with van der Waals surface area (Å²) >= 11 is 1.56. The molecular weight excluding hydrogens is 552 g/mol. The Bertz CT molecular complexity index is 1470. The van der Waals surface area contributed by atoms with Crippen molar-refractivity contribution in [1.82, 2.24) is 0 Å². The van der Waals surface area contributed by atoms with Crippen LogP contribution in [0, 0.1) is 28.6 Å². The number of allylic oxidation sites excluding steroid dienone is 4. The van der Waals surface area contributed by atoms with Crippen LogP contribution in [0.3, 0.4) is 0 Å². The molecule has 0 spiro atoms. The Kier molecular flexibility index (Phi) is 6.77. The summed E-state index contributed by atoms with van der Waals surface area (Å²) in [5, 5.41) is 35.6. The Hall–Kier alpha value is -2.46. The molecule has 3 saturated carbocycles. The highest BCUT2D eigenvalue weighted by molar-refractivity contribution is 7.08. The summed E-state index contributed by atoms with van der Waals surface area (Å²) in [4.78, 5) is 26.0. The zero-order valence-electron chi connectivity index (χ0n) is 24.0. The molecule has 4 fully saturated rings. The summed E-state index contributed by atoms with van der Waals surface area (Å²) in [6, 6.07) is 7.83. The Labute approximate surface area is 249 Å². The van der Waals surface area contributed by atoms with Crippen LogP contribution in [-0.4, -0.2) is 51.3 Å². The van der Waals surface area contributed by atoms with E-state index < -0.39 is 41.5 Å². The number of rotatable bonds is 6. The Balaban J connectivity index is 1.21. The second kappa shape index (κ2) is 10.0. The maximum atomic E-state index is 13.8. The molecule has 4 aliphatic carbocycles. The third kappa shape index (κ3) is 3.89. The standard InChI is InChI=1S/C34H38O7S/c1-32-10-9-23(37)12-22(32)7-8-24-26-13-29-34(28(39)16-36,33(26,2)14-27(38)30(24)32)41-31(40-29)25-18-42-17-21(25)11-19-3-5-20(15-35)6-4-19/h3-6,9-10,12,17-18,24,26-27,29-31,35-36,38H,7-8,11,13-16H2,1-2H3/t24-,26-,27-,29+,30+,31+,32-,33-,34+/m0/s1. The minimum absolute atomic E-state index is 0.000364. The van der Waals surface area contributed by atoms with Gasteiger partial charge in [0.05, 0.1) is 18.8 Å². The lowest BCUT2D eigenvalue weighted by molar-refractivity contribution is -0.201. The topological polar surface area (TPSA) is 113 Å². The smallest absolute Gasteiger partial charge is 0.193 e. The van der Waals surface area contributed by atoms with Crippen molar-refractivity contribution in [2.45, 2.75) is 76.7 Å². The number of thiophene rings is 1. The first-order chi connectivity index (χ1) is 20.1. The van der Waals surface area contributed by atoms with Crippen LogP contribution in [-0.2, 0) is 32.1 Å². The van der Waals surface area contributed by atoms with Crippen molar-refractivity contribution in [3.8, 4) is 0 Å². The minimum Gasteiger partial charge on any atom is -0.393 e. The molecule has 7 rings (SSSR count). The van der Waals surface area contributed by atoms with Crippen molar-refractivity contribution in [2.75, 3.05) is 6.61 Å². The predicted octanol–water partition coefficient (Wildman–Crippen LogP) is 4.43. The number of Topliss-reactive ketones (excluding diaryl/α,β-unsaturated/α-hetero) is 1. The van der Waals surface area contributed by atoms with Crippen molar-refractivity contribution < 1.29 is 34.4 Å². The van der Waals surface area contributed by atoms with Gasteiger partial charge < -0.3 is 24.8 Å². The van der Waals surface area contributed by atoms with E-state index in [1.165, 1.54) is 0 Å². The van der Waals surface area contributed by atoms with E-state index in [1.54, 1.807) is 23.5 Å². The van der Waals surface area contributed by atoms with Crippen molar-refractivity contribution >= 4 is 22.9 Å². The van der Waals surface area contributed by atoms with Crippen molar-refractivity contribution in [2.24, 2.45) is 28.6 Å². The molecule has 7 nitrogen and oxygen atoms in total. The molecule has 1 aromatic heterocycles. The van der Waals surface area contributed by atoms with E-state index in [0.29, 0.717) is 19.3 Å². The quantitative estimate of drug-likeness (QED) is 0.456. The molecule has 42 heavy (non-hydrogen) atoms. The molecule has 2 heterocycles. The molecule has 0 radical (unpaired) electrons. The molecule has 5 aliphatic rings. The second-order valence-corrected chi connectivity index (χ2v) is 14.1. The average Bonchev–Trinajstić information content (AvgIpc) is 3.65. The van der Waals surface area contributed by atoms with Gasteiger partial charge in [0.2, 0.25) is 0 Å². The molecule has 1 aromatic carbocycles. The van der Waals surface area contributed by atoms with Crippen LogP contribution in [0.1, 0.15) is 68.1 Å². The summed E-state index contributed by atoms with van der Waals surface area (Å²) in [5.41, 5.74) is 2.48. The van der Waals surface area contributed by atoms with Crippen LogP contribution >= 0.6 is 11.3 Å². The van der Waals surface area contributed by atoms with Gasteiger partial charge in [-0.15, -0.1) is 0 Å². The van der Waals surface area contributed by atoms with Crippen LogP contribution in [0.25, 0.3) is 0 Å². The first-order valence-electron chi connectivity index (χ1n) is 15.0. The largest absolute Gasteiger partial charge is 0.393 e. The number of carbonyl (C=O) groups is 2. The van der Waals surface area contributed by atoms with Gasteiger partial charge in [-0.3, -0.25) is 9.59 Å². The minimum atomic E-state index is -1.36. The maximum Gasteiger partial charge on any atom is 0.193 e. The van der Waals surface area contributed by atoms with Gasteiger partial charge in [-0.25, -0.2) is 0 Å². The molecule has 9 atom stereocenters. The zero-order valence-corrected chi connectivity index (χ0v) is 24.8. The first kappa shape index (κ1) is 28.3. The van der Waals surface area contributed by atoms with Gasteiger partial charge in [0, 0.05) is 22.3 Å². The normalized spacial score (nSPS) is 40.2. The van der Waals surface area contributed by atoms with Gasteiger partial charge in [-0.05, 0) is 83.5 Å². The lowest BCUT2D eigenvalue weighted by Crippen LogP contribution is -2.63. The summed E-state index contributed by atoms with van der Waals surface area (Å²) in [6.45, 7) is 3.54. The lowest BCUT2D eigenvalue weighted by Gasteiger charge is -2.59. The van der Waals surface area contributed by atoms with Crippen LogP contribution in [0.2, 0.25) is 0 Å². The number of fused-ring (bicyclic) bond motifs is 7. The Morgan fingerprint density at radius 2 is 1.88 bits per heavy atom. The summed E-state index contributed by atoms with van der Waals surface area (Å²) in [7, 11) is 0. The lowest BCUT2D eigenvalue weighted by atomic mass is 9.46. The molecule has 0 bridgehead atoms. The fourth-order valence-corrected chi connectivity index (χ4v) is 10.4. The number of aliphatic hydroxyl groups excluding tert-OH is 3. The van der Waals surface area contributed by atoms with E-state index in [9.17, 15) is 24.9 Å². The van der Waals surface area contributed by atoms with Gasteiger partial charge in [-0.1, -0.05) is 49.8 Å². The highest BCUT2D eigenvalue weighted by Gasteiger charge is 2.76. The van der Waals surface area contributed by atoms with Crippen LogP contribution < -0.4 is 0 Å². The highest BCUT2D eigenvalue weighted by atomic mass is 32.1. The number of aliphatic hydroxyl groups is 3. The maximum absolute atomic E-state index is 13.8. The third-order valence-corrected chi connectivity index (χ3v) is 12.2. The summed E-state index contributed by atoms with van der Waals surface area (Å²) in [6.07, 6.45) is 6.61. The average molecular weight is 591 g/mol. The summed E-state index contributed by atoms with van der Waals surface area (Å²) < 4.78 is 13.4. The monoisotopic (exact) mass is 590 g/mol. The fraction of sp³-hybridized carbons (Fsp3) is 0.529. The van der Waals surface area contributed by atoms with E-state index in [-0.39, 0.29) is 35.9 Å². The number of ketones is 2. The van der Waals surface area contributed by atoms with Crippen LogP contribution in [0.15, 0.2) is 58.8 Å². The van der Waals surface area contributed by atoms with Gasteiger partial charge >= 0.3 is 0 Å². The van der Waals surface area contributed by atoms with Gasteiger partial charge in [0.1, 0.15) is 6.61 Å². The Morgan fingerprint density at radius 3 is 2.62 bits per heavy atom. The van der Waals surface area contributed by atoms with E-state index in [1.807, 2.05) is 35.7 Å². The van der Waals surface area contributed by atoms with Gasteiger partial charge in [0.25, 0.3) is 0 Å². The number of carbonyl (C=O) groups excluding carboxylic acids is 2. The Morgan fingerprint density at radius 1 is 1.12 bits per heavy atom. The van der Waals surface area contributed by atoms with Crippen molar-refractivity contribution in [1.29, 1.82) is 0 Å². The van der Waals surface area contributed by atoms with E-state index >= 15 is 0 Å². The zero-order chi connectivity index (χ0) is 29.4. The van der Waals surface area contributed by atoms with E-state index in [0.717, 1.165) is 40.7 Å². The van der Waals surface area contributed by atoms with Gasteiger partial charge in [0.15, 0.2) is 23.5 Å². The third-order valence-electron chi connectivity index (χ3n) is 11.4. The molecule has 1 saturated heterocycles. The SMILES string of the molecule is C[C@]12C=CC(=O)C=C1CC[C@@H]1[C@@H]2[C@@H](O)C[C@@]2(C)[C@H]1C[C@H]1O[C@@H](c3cscc3Cc3ccc(CO)cc3)O[C@]12C(=O)CO. The van der Waals surface area contributed by atoms with Gasteiger partial charge in [-0.2, -0.15) is 11.3 Å². The second-order valence-electron chi connectivity index (χ2n) is 13.3. The van der Waals surface area contributed by atoms with Crippen LogP contribution in [0.4, 0.5) is 0 Å². The molecule has 0 unspecified atom stereocenters. The predicted molar refractivity (Wildman–Crippen MR) is 156 cm³/mol. The molecular formula is C34H38O7S. The summed E-state index contributed by atoms with van der Waals surface area (Å²) in [5.74, 6) is -0.271. The molecule has 0 amide bonds. The van der Waals surface area contributed by atoms with E-state index in [4.69, 9.17) is 9.47 Å². The number of ether oxygens (including phenoxy) is 2. The number of hydrogen-bond donors (Lipinski definition) is 3. The molecule has 3 N–H and O–H groups in total. The molecule has 1 aliphatic heterocycles. The number of hydrogen-bond acceptors (Lipinski definition) is 8. The molecule has 2 aromatic rings. The first-order valence-corrected chi connectivity index (χ1v) is 15.9. The molecule has 8 heteroatoms. The molecule has 222 valence electrons.